The van der Waals surface area contributed by atoms with E-state index >= 15 is 0 Å². The highest BCUT2D eigenvalue weighted by atomic mass is 32.1. The van der Waals surface area contributed by atoms with E-state index in [9.17, 15) is 5.11 Å². The van der Waals surface area contributed by atoms with Crippen LogP contribution in [0.2, 0.25) is 0 Å². The van der Waals surface area contributed by atoms with Crippen molar-refractivity contribution in [1.29, 1.82) is 0 Å². The Bertz CT molecular complexity index is 973. The molecule has 178 valence electrons. The number of hydrazone groups is 1. The maximum atomic E-state index is 9.70. The predicted octanol–water partition coefficient (Wildman–Crippen LogP) is 7.71. The molecule has 1 aliphatic heterocycles. The van der Waals surface area contributed by atoms with E-state index in [4.69, 9.17) is 9.84 Å². The van der Waals surface area contributed by atoms with E-state index in [-0.39, 0.29) is 5.88 Å². The number of aliphatic imine (C=N–C) groups is 1. The number of aliphatic hydroxyl groups is 1. The maximum Gasteiger partial charge on any atom is 0.231 e. The van der Waals surface area contributed by atoms with E-state index in [0.29, 0.717) is 17.8 Å². The summed E-state index contributed by atoms with van der Waals surface area (Å²) in [6.45, 7) is 13.7. The molecule has 2 heterocycles. The molecule has 4 rings (SSSR count). The van der Waals surface area contributed by atoms with E-state index in [0.717, 1.165) is 34.8 Å². The molecule has 1 saturated carbocycles. The van der Waals surface area contributed by atoms with Crippen LogP contribution in [0.15, 0.2) is 70.6 Å². The first-order chi connectivity index (χ1) is 16.1. The average Bonchev–Trinajstić information content (AvgIpc) is 3.56. The van der Waals surface area contributed by atoms with Gasteiger partial charge < -0.3 is 9.84 Å². The van der Waals surface area contributed by atoms with Crippen LogP contribution in [0.4, 0.5) is 0 Å². The number of aliphatic hydroxyl groups excluding tert-OH is 1. The smallest absolute Gasteiger partial charge is 0.231 e. The molecular weight excluding hydrogens is 432 g/mol. The van der Waals surface area contributed by atoms with Gasteiger partial charge in [0.15, 0.2) is 5.84 Å². The van der Waals surface area contributed by atoms with E-state index in [1.54, 1.807) is 0 Å². The number of rotatable bonds is 5. The molecule has 0 bridgehead atoms. The van der Waals surface area contributed by atoms with Crippen molar-refractivity contribution in [2.45, 2.75) is 72.8 Å². The zero-order chi connectivity index (χ0) is 24.2. The van der Waals surface area contributed by atoms with Crippen LogP contribution < -0.4 is 4.74 Å². The van der Waals surface area contributed by atoms with E-state index in [2.05, 4.69) is 29.8 Å². The second-order valence-electron chi connectivity index (χ2n) is 7.44. The van der Waals surface area contributed by atoms with Crippen molar-refractivity contribution in [3.05, 3.63) is 65.4 Å². The number of hydrogen-bond donors (Lipinski definition) is 1. The number of ether oxygens (including phenoxy) is 1. The predicted molar refractivity (Wildman–Crippen MR) is 140 cm³/mol. The van der Waals surface area contributed by atoms with Gasteiger partial charge in [-0.05, 0) is 50.0 Å². The van der Waals surface area contributed by atoms with Crippen LogP contribution in [0.1, 0.15) is 71.6 Å². The Morgan fingerprint density at radius 3 is 2.45 bits per heavy atom. The molecule has 7 heteroatoms. The molecule has 0 spiro atoms. The molecule has 1 aromatic carbocycles. The van der Waals surface area contributed by atoms with Crippen LogP contribution in [0.5, 0.6) is 11.6 Å². The highest BCUT2D eigenvalue weighted by Gasteiger charge is 2.35. The minimum absolute atomic E-state index is 0.216. The number of para-hydroxylation sites is 1. The molecule has 33 heavy (non-hydrogen) atoms. The number of amidine groups is 1. The SMILES string of the molecule is C=C(O)/N=C1\C(=C/C)C(c2cc(Oc3ccccc3)ns2)=NN1C1CCCC1.CC.CCC. The molecule has 0 radical (unpaired) electrons. The van der Waals surface area contributed by atoms with E-state index in [1.165, 1.54) is 30.8 Å². The Labute approximate surface area is 202 Å². The quantitative estimate of drug-likeness (QED) is 0.456. The molecule has 0 unspecified atom stereocenters. The topological polar surface area (TPSA) is 70.3 Å². The first-order valence-electron chi connectivity index (χ1n) is 11.8. The van der Waals surface area contributed by atoms with Crippen molar-refractivity contribution in [1.82, 2.24) is 9.38 Å². The van der Waals surface area contributed by atoms with Crippen molar-refractivity contribution in [3.63, 3.8) is 0 Å². The number of nitrogens with zero attached hydrogens (tertiary/aromatic N) is 4. The van der Waals surface area contributed by atoms with Crippen molar-refractivity contribution in [3.8, 4) is 11.6 Å². The van der Waals surface area contributed by atoms with Gasteiger partial charge in [0.1, 0.15) is 11.5 Å². The Morgan fingerprint density at radius 1 is 1.24 bits per heavy atom. The monoisotopic (exact) mass is 468 g/mol. The summed E-state index contributed by atoms with van der Waals surface area (Å²) in [4.78, 5) is 5.18. The molecule has 0 amide bonds. The first kappa shape index (κ1) is 26.3. The molecular formula is C26H36N4O2S. The van der Waals surface area contributed by atoms with Gasteiger partial charge in [-0.2, -0.15) is 14.5 Å². The second-order valence-corrected chi connectivity index (χ2v) is 8.24. The van der Waals surface area contributed by atoms with Gasteiger partial charge in [0.05, 0.1) is 10.9 Å². The van der Waals surface area contributed by atoms with Gasteiger partial charge in [0.2, 0.25) is 11.8 Å². The fourth-order valence-electron chi connectivity index (χ4n) is 3.55. The molecule has 6 nitrogen and oxygen atoms in total. The van der Waals surface area contributed by atoms with Gasteiger partial charge in [-0.25, -0.2) is 5.01 Å². The molecule has 0 atom stereocenters. The van der Waals surface area contributed by atoms with Gasteiger partial charge >= 0.3 is 0 Å². The molecule has 1 aromatic heterocycles. The third-order valence-corrected chi connectivity index (χ3v) is 5.58. The van der Waals surface area contributed by atoms with Crippen LogP contribution in [-0.2, 0) is 0 Å². The fourth-order valence-corrected chi connectivity index (χ4v) is 4.22. The van der Waals surface area contributed by atoms with Crippen LogP contribution in [0.3, 0.4) is 0 Å². The van der Waals surface area contributed by atoms with Gasteiger partial charge in [-0.1, -0.05) is 71.2 Å². The van der Waals surface area contributed by atoms with Gasteiger partial charge in [0, 0.05) is 11.6 Å². The summed E-state index contributed by atoms with van der Waals surface area (Å²) in [6.07, 6.45) is 7.71. The van der Waals surface area contributed by atoms with Crippen molar-refractivity contribution in [2.75, 3.05) is 0 Å². The molecule has 1 N–H and O–H groups in total. The zero-order valence-corrected chi connectivity index (χ0v) is 21.2. The minimum Gasteiger partial charge on any atom is -0.494 e. The van der Waals surface area contributed by atoms with Crippen LogP contribution in [0, 0.1) is 0 Å². The number of hydrogen-bond acceptors (Lipinski definition) is 6. The summed E-state index contributed by atoms with van der Waals surface area (Å²) in [6, 6.07) is 11.8. The first-order valence-corrected chi connectivity index (χ1v) is 12.6. The molecule has 1 aliphatic carbocycles. The summed E-state index contributed by atoms with van der Waals surface area (Å²) in [7, 11) is 0. The number of aromatic nitrogens is 1. The highest BCUT2D eigenvalue weighted by molar-refractivity contribution is 7.08. The summed E-state index contributed by atoms with van der Waals surface area (Å²) in [5.41, 5.74) is 1.67. The lowest BCUT2D eigenvalue weighted by Crippen LogP contribution is -2.31. The molecule has 2 aromatic rings. The largest absolute Gasteiger partial charge is 0.494 e. The number of benzene rings is 1. The van der Waals surface area contributed by atoms with Gasteiger partial charge in [-0.3, -0.25) is 0 Å². The number of allylic oxidation sites excluding steroid dienone is 1. The highest BCUT2D eigenvalue weighted by Crippen LogP contribution is 2.33. The van der Waals surface area contributed by atoms with E-state index < -0.39 is 0 Å². The van der Waals surface area contributed by atoms with Gasteiger partial charge in [0.25, 0.3) is 0 Å². The van der Waals surface area contributed by atoms with Crippen LogP contribution >= 0.6 is 11.5 Å². The normalized spacial score (nSPS) is 17.8. The fraction of sp³-hybridized carbons (Fsp3) is 0.423. The third-order valence-electron chi connectivity index (χ3n) is 4.80. The summed E-state index contributed by atoms with van der Waals surface area (Å²) in [5, 5.41) is 16.5. The standard InChI is InChI=1S/C21H22N4O2S.C3H8.C2H6/c1-3-17-20(18-13-19(24-28-18)27-16-11-5-4-6-12-16)23-25(15-9-7-8-10-15)21(17)22-14(2)26;1-3-2;1-2/h3-6,11-13,15,26H,2,7-10H2,1H3;3H2,1-2H3;1-2H3/b17-3-,22-21+;;. The lowest BCUT2D eigenvalue weighted by Gasteiger charge is -2.22. The Morgan fingerprint density at radius 2 is 1.88 bits per heavy atom. The minimum atomic E-state index is -0.216. The van der Waals surface area contributed by atoms with Crippen molar-refractivity contribution < 1.29 is 9.84 Å². The summed E-state index contributed by atoms with van der Waals surface area (Å²) in [5.74, 6) is 1.71. The van der Waals surface area contributed by atoms with Crippen LogP contribution in [0.25, 0.3) is 0 Å². The third kappa shape index (κ3) is 7.02. The van der Waals surface area contributed by atoms with Crippen molar-refractivity contribution in [2.24, 2.45) is 10.1 Å². The Kier molecular flexibility index (Phi) is 10.8. The van der Waals surface area contributed by atoms with Crippen molar-refractivity contribution >= 4 is 23.1 Å². The van der Waals surface area contributed by atoms with Gasteiger partial charge in [-0.15, -0.1) is 0 Å². The van der Waals surface area contributed by atoms with E-state index in [1.807, 2.05) is 68.3 Å². The second kappa shape index (κ2) is 13.6. The molecule has 1 fully saturated rings. The lowest BCUT2D eigenvalue weighted by atomic mass is 10.1. The summed E-state index contributed by atoms with van der Waals surface area (Å²) < 4.78 is 10.3. The lowest BCUT2D eigenvalue weighted by molar-refractivity contribution is 0.332. The average molecular weight is 469 g/mol. The Balaban J connectivity index is 0.000000714. The summed E-state index contributed by atoms with van der Waals surface area (Å²) >= 11 is 1.34. The zero-order valence-electron chi connectivity index (χ0n) is 20.4. The van der Waals surface area contributed by atoms with Crippen LogP contribution in [-0.4, -0.2) is 32.1 Å². The molecule has 0 saturated heterocycles. The Hall–Kier alpha value is -2.93. The molecule has 2 aliphatic rings. The maximum absolute atomic E-state index is 9.70.